The monoisotopic (exact) mass is 543 g/mol. The largest absolute Gasteiger partial charge is 0.496 e. The second kappa shape index (κ2) is 19.0. The second-order valence-electron chi connectivity index (χ2n) is 8.25. The lowest BCUT2D eigenvalue weighted by Crippen LogP contribution is -2.24. The molecule has 1 saturated heterocycles. The van der Waals surface area contributed by atoms with Crippen LogP contribution in [0.15, 0.2) is 39.8 Å². The first-order valence-corrected chi connectivity index (χ1v) is 13.4. The van der Waals surface area contributed by atoms with Gasteiger partial charge in [-0.05, 0) is 99.1 Å². The standard InChI is InChI=1S/C19H22N2O3S.C6H13N.C3H2O.CH4O/c1-5-12-7-8-14(22-3)17(11-12)25-21-19-18-15(23-4)9-13(6-2)10-16(18)24-20-19;1-7-5-3-2-4-6-7;1-2-3-4;1-2/h7-11H,5-6H2,1-4H3,(H,20,21);2-6H2,1H3;1,3H;2H,1H3. The summed E-state index contributed by atoms with van der Waals surface area (Å²) in [6.07, 6.45) is 11.0. The molecule has 0 bridgehead atoms. The first-order valence-electron chi connectivity index (χ1n) is 12.6. The summed E-state index contributed by atoms with van der Waals surface area (Å²) in [4.78, 5) is 12.3. The number of fused-ring (bicyclic) bond motifs is 1. The zero-order valence-electron chi connectivity index (χ0n) is 23.4. The Bertz CT molecular complexity index is 1140. The molecular formula is C29H41N3O5S. The summed E-state index contributed by atoms with van der Waals surface area (Å²) in [5, 5.41) is 12.0. The third-order valence-electron chi connectivity index (χ3n) is 5.77. The third-order valence-corrected chi connectivity index (χ3v) is 6.60. The summed E-state index contributed by atoms with van der Waals surface area (Å²) < 4.78 is 19.7. The van der Waals surface area contributed by atoms with Gasteiger partial charge in [-0.3, -0.25) is 4.79 Å². The number of ether oxygens (including phenoxy) is 2. The van der Waals surface area contributed by atoms with Crippen molar-refractivity contribution in [3.63, 3.8) is 0 Å². The predicted molar refractivity (Wildman–Crippen MR) is 156 cm³/mol. The molecule has 38 heavy (non-hydrogen) atoms. The highest BCUT2D eigenvalue weighted by atomic mass is 32.2. The number of carbonyl (C=O) groups excluding carboxylic acids is 1. The van der Waals surface area contributed by atoms with E-state index >= 15 is 0 Å². The molecule has 1 aliphatic rings. The van der Waals surface area contributed by atoms with Crippen LogP contribution in [0.1, 0.15) is 44.2 Å². The van der Waals surface area contributed by atoms with E-state index in [2.05, 4.69) is 54.2 Å². The van der Waals surface area contributed by atoms with Crippen molar-refractivity contribution in [3.8, 4) is 23.8 Å². The van der Waals surface area contributed by atoms with Gasteiger partial charge >= 0.3 is 0 Å². The molecule has 0 aliphatic carbocycles. The molecule has 0 radical (unpaired) electrons. The van der Waals surface area contributed by atoms with Crippen LogP contribution < -0.4 is 14.2 Å². The highest BCUT2D eigenvalue weighted by Crippen LogP contribution is 2.37. The number of hydrogen-bond acceptors (Lipinski definition) is 9. The Morgan fingerprint density at radius 3 is 2.21 bits per heavy atom. The number of aliphatic hydroxyl groups excluding tert-OH is 1. The van der Waals surface area contributed by atoms with E-state index in [1.165, 1.54) is 49.9 Å². The molecule has 2 N–H and O–H groups in total. The number of piperidine rings is 1. The Morgan fingerprint density at radius 2 is 1.71 bits per heavy atom. The van der Waals surface area contributed by atoms with Gasteiger partial charge in [0.05, 0.1) is 19.1 Å². The highest BCUT2D eigenvalue weighted by Gasteiger charge is 2.16. The summed E-state index contributed by atoms with van der Waals surface area (Å²) in [6, 6.07) is 10.2. The minimum atomic E-state index is 0.403. The smallest absolute Gasteiger partial charge is 0.192 e. The zero-order chi connectivity index (χ0) is 28.3. The van der Waals surface area contributed by atoms with Crippen LogP contribution in [-0.2, 0) is 17.6 Å². The van der Waals surface area contributed by atoms with E-state index in [1.54, 1.807) is 20.1 Å². The van der Waals surface area contributed by atoms with Crippen molar-refractivity contribution in [1.82, 2.24) is 10.1 Å². The number of benzene rings is 2. The van der Waals surface area contributed by atoms with Gasteiger partial charge in [0.25, 0.3) is 0 Å². The fourth-order valence-electron chi connectivity index (χ4n) is 3.70. The number of hydrogen-bond donors (Lipinski definition) is 2. The lowest BCUT2D eigenvalue weighted by Gasteiger charge is -2.20. The fourth-order valence-corrected chi connectivity index (χ4v) is 4.51. The van der Waals surface area contributed by atoms with Gasteiger partial charge in [0.15, 0.2) is 17.7 Å². The number of anilines is 1. The van der Waals surface area contributed by atoms with E-state index < -0.39 is 0 Å². The van der Waals surface area contributed by atoms with Gasteiger partial charge in [-0.2, -0.15) is 0 Å². The number of aliphatic hydroxyl groups is 1. The number of aromatic nitrogens is 1. The maximum atomic E-state index is 8.94. The van der Waals surface area contributed by atoms with Crippen LogP contribution in [0.25, 0.3) is 11.0 Å². The quantitative estimate of drug-likeness (QED) is 0.224. The van der Waals surface area contributed by atoms with Gasteiger partial charge in [0, 0.05) is 7.11 Å². The van der Waals surface area contributed by atoms with Gasteiger partial charge in [0.1, 0.15) is 16.9 Å². The summed E-state index contributed by atoms with van der Waals surface area (Å²) in [5.74, 6) is 3.97. The molecule has 208 valence electrons. The van der Waals surface area contributed by atoms with Crippen molar-refractivity contribution in [1.29, 1.82) is 0 Å². The molecule has 4 rings (SSSR count). The Balaban J connectivity index is 0.000000460. The molecular weight excluding hydrogens is 502 g/mol. The number of aryl methyl sites for hydroxylation is 2. The van der Waals surface area contributed by atoms with Gasteiger partial charge in [-0.15, -0.1) is 6.42 Å². The van der Waals surface area contributed by atoms with Crippen molar-refractivity contribution in [2.24, 2.45) is 0 Å². The Kier molecular flexibility index (Phi) is 16.4. The second-order valence-corrected chi connectivity index (χ2v) is 9.10. The van der Waals surface area contributed by atoms with Crippen LogP contribution in [0.4, 0.5) is 5.82 Å². The third kappa shape index (κ3) is 10.3. The van der Waals surface area contributed by atoms with Crippen LogP contribution >= 0.6 is 11.9 Å². The highest BCUT2D eigenvalue weighted by molar-refractivity contribution is 8.00. The number of carbonyl (C=O) groups is 1. The van der Waals surface area contributed by atoms with E-state index in [-0.39, 0.29) is 0 Å². The number of methoxy groups -OCH3 is 2. The molecule has 1 fully saturated rings. The van der Waals surface area contributed by atoms with E-state index in [4.69, 9.17) is 23.9 Å². The first-order chi connectivity index (χ1) is 18.5. The summed E-state index contributed by atoms with van der Waals surface area (Å²) >= 11 is 1.45. The average Bonchev–Trinajstić information content (AvgIpc) is 3.40. The summed E-state index contributed by atoms with van der Waals surface area (Å²) in [5.41, 5.74) is 3.12. The molecule has 0 saturated carbocycles. The van der Waals surface area contributed by atoms with Crippen LogP contribution in [0.2, 0.25) is 0 Å². The van der Waals surface area contributed by atoms with Gasteiger partial charge in [0.2, 0.25) is 0 Å². The lowest BCUT2D eigenvalue weighted by atomic mass is 10.1. The number of terminal acetylenes is 1. The SMILES string of the molecule is C#CC=O.CCc1ccc(OC)c(SNc2noc3cc(CC)cc(OC)c23)c1.CN1CCCCC1.CO. The predicted octanol–water partition coefficient (Wildman–Crippen LogP) is 5.62. The Hall–Kier alpha value is -3.19. The van der Waals surface area contributed by atoms with Crippen LogP contribution in [0.5, 0.6) is 11.5 Å². The van der Waals surface area contributed by atoms with Crippen molar-refractivity contribution in [2.45, 2.75) is 50.8 Å². The number of aldehydes is 1. The van der Waals surface area contributed by atoms with Gasteiger partial charge in [-0.25, -0.2) is 0 Å². The zero-order valence-corrected chi connectivity index (χ0v) is 24.2. The maximum Gasteiger partial charge on any atom is 0.192 e. The number of rotatable bonds is 7. The average molecular weight is 544 g/mol. The normalized spacial score (nSPS) is 12.4. The Morgan fingerprint density at radius 1 is 1.08 bits per heavy atom. The topological polar surface area (TPSA) is 97.1 Å². The molecule has 8 nitrogen and oxygen atoms in total. The van der Waals surface area contributed by atoms with Gasteiger partial charge in [-0.1, -0.05) is 31.5 Å². The fraction of sp³-hybridized carbons (Fsp3) is 0.448. The molecule has 2 heterocycles. The van der Waals surface area contributed by atoms with E-state index in [0.29, 0.717) is 17.7 Å². The first kappa shape index (κ1) is 32.8. The molecule has 2 aromatic carbocycles. The lowest BCUT2D eigenvalue weighted by molar-refractivity contribution is -0.103. The summed E-state index contributed by atoms with van der Waals surface area (Å²) in [7, 11) is 6.52. The van der Waals surface area contributed by atoms with E-state index in [9.17, 15) is 0 Å². The van der Waals surface area contributed by atoms with E-state index in [0.717, 1.165) is 47.3 Å². The Labute approximate surface area is 231 Å². The van der Waals surface area contributed by atoms with Crippen molar-refractivity contribution in [3.05, 3.63) is 41.5 Å². The summed E-state index contributed by atoms with van der Waals surface area (Å²) in [6.45, 7) is 6.87. The van der Waals surface area contributed by atoms with Crippen molar-refractivity contribution in [2.75, 3.05) is 46.2 Å². The van der Waals surface area contributed by atoms with Crippen molar-refractivity contribution >= 4 is 35.0 Å². The molecule has 3 aromatic rings. The van der Waals surface area contributed by atoms with E-state index in [1.807, 2.05) is 18.2 Å². The molecule has 1 aromatic heterocycles. The molecule has 0 atom stereocenters. The molecule has 0 amide bonds. The maximum absolute atomic E-state index is 8.94. The van der Waals surface area contributed by atoms with Crippen molar-refractivity contribution < 1.29 is 23.9 Å². The minimum Gasteiger partial charge on any atom is -0.496 e. The minimum absolute atomic E-state index is 0.403. The molecule has 0 spiro atoms. The number of likely N-dealkylation sites (tertiary alicyclic amines) is 1. The van der Waals surface area contributed by atoms with Crippen LogP contribution in [0.3, 0.4) is 0 Å². The van der Waals surface area contributed by atoms with Crippen LogP contribution in [-0.4, -0.2) is 62.9 Å². The number of nitrogens with zero attached hydrogens (tertiary/aromatic N) is 2. The van der Waals surface area contributed by atoms with Crippen LogP contribution in [0, 0.1) is 12.3 Å². The molecule has 1 aliphatic heterocycles. The molecule has 0 unspecified atom stereocenters. The van der Waals surface area contributed by atoms with Gasteiger partial charge < -0.3 is 28.7 Å². The number of nitrogens with one attached hydrogen (secondary N) is 1. The molecule has 9 heteroatoms.